The van der Waals surface area contributed by atoms with Crippen LogP contribution in [0.3, 0.4) is 0 Å². The molecule has 24 heavy (non-hydrogen) atoms. The highest BCUT2D eigenvalue weighted by Gasteiger charge is 2.14. The number of hydrogen-bond acceptors (Lipinski definition) is 2. The average Bonchev–Trinajstić information content (AvgIpc) is 2.65. The van der Waals surface area contributed by atoms with Crippen LogP contribution in [0.5, 0.6) is 5.75 Å². The molecular weight excluding hydrogens is 296 g/mol. The minimum absolute atomic E-state index is 0.00671. The molecule has 2 aromatic rings. The first kappa shape index (κ1) is 18.5. The van der Waals surface area contributed by atoms with E-state index >= 15 is 0 Å². The smallest absolute Gasteiger partial charge is 0.118 e. The zero-order chi connectivity index (χ0) is 17.0. The van der Waals surface area contributed by atoms with Gasteiger partial charge in [0.15, 0.2) is 0 Å². The van der Waals surface area contributed by atoms with Gasteiger partial charge in [-0.15, -0.1) is 0 Å². The fourth-order valence-corrected chi connectivity index (χ4v) is 2.88. The Balaban J connectivity index is 1.94. The second kappa shape index (κ2) is 10.9. The lowest BCUT2D eigenvalue weighted by atomic mass is 10.0. The van der Waals surface area contributed by atoms with E-state index in [1.54, 1.807) is 7.11 Å². The SMILES string of the molecule is CCCCCCCCOC(c1ccccc1)c1ccc(OC)cc1. The van der Waals surface area contributed by atoms with Gasteiger partial charge in [-0.2, -0.15) is 0 Å². The largest absolute Gasteiger partial charge is 0.497 e. The van der Waals surface area contributed by atoms with Crippen LogP contribution in [-0.2, 0) is 4.74 Å². The Hall–Kier alpha value is -1.80. The van der Waals surface area contributed by atoms with Gasteiger partial charge in [0.1, 0.15) is 11.9 Å². The van der Waals surface area contributed by atoms with E-state index in [0.29, 0.717) is 0 Å². The van der Waals surface area contributed by atoms with Crippen LogP contribution in [0.15, 0.2) is 54.6 Å². The van der Waals surface area contributed by atoms with Crippen LogP contribution >= 0.6 is 0 Å². The Morgan fingerprint density at radius 2 is 1.38 bits per heavy atom. The van der Waals surface area contributed by atoms with Crippen molar-refractivity contribution in [2.45, 2.75) is 51.6 Å². The van der Waals surface area contributed by atoms with Crippen molar-refractivity contribution in [2.75, 3.05) is 13.7 Å². The summed E-state index contributed by atoms with van der Waals surface area (Å²) in [6.07, 6.45) is 7.68. The van der Waals surface area contributed by atoms with Gasteiger partial charge in [0.2, 0.25) is 0 Å². The van der Waals surface area contributed by atoms with E-state index in [4.69, 9.17) is 9.47 Å². The van der Waals surface area contributed by atoms with Gasteiger partial charge in [-0.1, -0.05) is 81.5 Å². The number of methoxy groups -OCH3 is 1. The van der Waals surface area contributed by atoms with Gasteiger partial charge in [0.25, 0.3) is 0 Å². The molecule has 0 fully saturated rings. The van der Waals surface area contributed by atoms with E-state index in [1.807, 2.05) is 18.2 Å². The quantitative estimate of drug-likeness (QED) is 0.460. The standard InChI is InChI=1S/C22H30O2/c1-3-4-5-6-7-11-18-24-22(19-12-9-8-10-13-19)20-14-16-21(23-2)17-15-20/h8-10,12-17,22H,3-7,11,18H2,1-2H3. The maximum absolute atomic E-state index is 6.25. The number of unbranched alkanes of at least 4 members (excludes halogenated alkanes) is 5. The molecule has 0 bridgehead atoms. The molecule has 130 valence electrons. The summed E-state index contributed by atoms with van der Waals surface area (Å²) in [5.74, 6) is 0.876. The van der Waals surface area contributed by atoms with Crippen molar-refractivity contribution in [1.82, 2.24) is 0 Å². The normalized spacial score (nSPS) is 12.1. The molecule has 2 heteroatoms. The molecule has 0 spiro atoms. The van der Waals surface area contributed by atoms with Gasteiger partial charge in [-0.05, 0) is 29.7 Å². The molecule has 0 aliphatic heterocycles. The summed E-state index contributed by atoms with van der Waals surface area (Å²) in [6, 6.07) is 18.6. The van der Waals surface area contributed by atoms with Crippen LogP contribution in [-0.4, -0.2) is 13.7 Å². The summed E-state index contributed by atoms with van der Waals surface area (Å²) in [5.41, 5.74) is 2.38. The highest BCUT2D eigenvalue weighted by atomic mass is 16.5. The summed E-state index contributed by atoms with van der Waals surface area (Å²) in [4.78, 5) is 0. The molecule has 0 N–H and O–H groups in total. The summed E-state index contributed by atoms with van der Waals surface area (Å²) in [7, 11) is 1.69. The topological polar surface area (TPSA) is 18.5 Å². The van der Waals surface area contributed by atoms with Crippen molar-refractivity contribution < 1.29 is 9.47 Å². The predicted molar refractivity (Wildman–Crippen MR) is 101 cm³/mol. The highest BCUT2D eigenvalue weighted by Crippen LogP contribution is 2.27. The lowest BCUT2D eigenvalue weighted by Gasteiger charge is -2.19. The second-order valence-electron chi connectivity index (χ2n) is 6.20. The highest BCUT2D eigenvalue weighted by molar-refractivity contribution is 5.34. The molecule has 2 aromatic carbocycles. The van der Waals surface area contributed by atoms with E-state index in [9.17, 15) is 0 Å². The fraction of sp³-hybridized carbons (Fsp3) is 0.455. The lowest BCUT2D eigenvalue weighted by Crippen LogP contribution is -2.07. The first-order chi connectivity index (χ1) is 11.8. The number of hydrogen-bond donors (Lipinski definition) is 0. The molecule has 1 atom stereocenters. The second-order valence-corrected chi connectivity index (χ2v) is 6.20. The van der Waals surface area contributed by atoms with Gasteiger partial charge in [0, 0.05) is 6.61 Å². The Morgan fingerprint density at radius 1 is 0.750 bits per heavy atom. The third-order valence-electron chi connectivity index (χ3n) is 4.30. The van der Waals surface area contributed by atoms with Gasteiger partial charge in [-0.3, -0.25) is 0 Å². The van der Waals surface area contributed by atoms with Crippen LogP contribution in [0.25, 0.3) is 0 Å². The molecule has 0 saturated heterocycles. The average molecular weight is 326 g/mol. The summed E-state index contributed by atoms with van der Waals surface area (Å²) in [5, 5.41) is 0. The molecule has 0 radical (unpaired) electrons. The summed E-state index contributed by atoms with van der Waals surface area (Å²) < 4.78 is 11.5. The maximum atomic E-state index is 6.25. The first-order valence-electron chi connectivity index (χ1n) is 9.15. The minimum Gasteiger partial charge on any atom is -0.497 e. The molecule has 0 amide bonds. The molecule has 0 saturated carbocycles. The molecule has 0 aromatic heterocycles. The van der Waals surface area contributed by atoms with Crippen molar-refractivity contribution >= 4 is 0 Å². The summed E-state index contributed by atoms with van der Waals surface area (Å²) >= 11 is 0. The van der Waals surface area contributed by atoms with Crippen LogP contribution < -0.4 is 4.74 Å². The van der Waals surface area contributed by atoms with Crippen LogP contribution in [0.1, 0.15) is 62.7 Å². The van der Waals surface area contributed by atoms with E-state index in [1.165, 1.54) is 43.2 Å². The predicted octanol–water partition coefficient (Wildman–Crippen LogP) is 6.16. The zero-order valence-electron chi connectivity index (χ0n) is 15.0. The first-order valence-corrected chi connectivity index (χ1v) is 9.15. The number of benzene rings is 2. The summed E-state index contributed by atoms with van der Waals surface area (Å²) in [6.45, 7) is 3.06. The van der Waals surface area contributed by atoms with Crippen molar-refractivity contribution in [2.24, 2.45) is 0 Å². The van der Waals surface area contributed by atoms with E-state index < -0.39 is 0 Å². The Kier molecular flexibility index (Phi) is 8.40. The van der Waals surface area contributed by atoms with Crippen molar-refractivity contribution in [1.29, 1.82) is 0 Å². The van der Waals surface area contributed by atoms with Gasteiger partial charge in [0.05, 0.1) is 7.11 Å². The molecule has 0 heterocycles. The van der Waals surface area contributed by atoms with Crippen molar-refractivity contribution in [3.05, 3.63) is 65.7 Å². The minimum atomic E-state index is -0.00671. The van der Waals surface area contributed by atoms with Crippen LogP contribution in [0, 0.1) is 0 Å². The van der Waals surface area contributed by atoms with E-state index in [-0.39, 0.29) is 6.10 Å². The lowest BCUT2D eigenvalue weighted by molar-refractivity contribution is 0.0768. The van der Waals surface area contributed by atoms with E-state index in [0.717, 1.165) is 18.8 Å². The fourth-order valence-electron chi connectivity index (χ4n) is 2.88. The maximum Gasteiger partial charge on any atom is 0.118 e. The number of ether oxygens (including phenoxy) is 2. The molecule has 2 rings (SSSR count). The van der Waals surface area contributed by atoms with E-state index in [2.05, 4.69) is 43.3 Å². The van der Waals surface area contributed by atoms with Gasteiger partial charge in [-0.25, -0.2) is 0 Å². The van der Waals surface area contributed by atoms with Gasteiger partial charge < -0.3 is 9.47 Å². The van der Waals surface area contributed by atoms with Crippen molar-refractivity contribution in [3.63, 3.8) is 0 Å². The van der Waals surface area contributed by atoms with Crippen LogP contribution in [0.4, 0.5) is 0 Å². The molecular formula is C22H30O2. The third-order valence-corrected chi connectivity index (χ3v) is 4.30. The van der Waals surface area contributed by atoms with Crippen LogP contribution in [0.2, 0.25) is 0 Å². The van der Waals surface area contributed by atoms with Crippen molar-refractivity contribution in [3.8, 4) is 5.75 Å². The Bertz CT molecular complexity index is 548. The number of rotatable bonds is 11. The zero-order valence-corrected chi connectivity index (χ0v) is 15.0. The molecule has 0 aliphatic carbocycles. The molecule has 2 nitrogen and oxygen atoms in total. The van der Waals surface area contributed by atoms with Gasteiger partial charge >= 0.3 is 0 Å². The molecule has 1 unspecified atom stereocenters. The molecule has 0 aliphatic rings. The Labute approximate surface area is 146 Å². The Morgan fingerprint density at radius 3 is 2.04 bits per heavy atom. The monoisotopic (exact) mass is 326 g/mol. The third kappa shape index (κ3) is 6.01.